The molecule has 0 atom stereocenters. The van der Waals surface area contributed by atoms with Gasteiger partial charge in [0.25, 0.3) is 0 Å². The van der Waals surface area contributed by atoms with Gasteiger partial charge in [-0.2, -0.15) is 10.1 Å². The van der Waals surface area contributed by atoms with Gasteiger partial charge in [0, 0.05) is 19.3 Å². The smallest absolute Gasteiger partial charge is 0.247 e. The number of aromatic nitrogens is 3. The van der Waals surface area contributed by atoms with Crippen molar-refractivity contribution in [1.82, 2.24) is 15.2 Å². The zero-order valence-corrected chi connectivity index (χ0v) is 13.9. The number of hydrogen-bond donors (Lipinski definition) is 1. The fraction of sp³-hybridized carbons (Fsp3) is 0.471. The average Bonchev–Trinajstić information content (AvgIpc) is 2.54. The van der Waals surface area contributed by atoms with Crippen molar-refractivity contribution in [1.29, 1.82) is 0 Å². The number of rotatable bonds is 7. The van der Waals surface area contributed by atoms with Gasteiger partial charge in [-0.15, -0.1) is 5.10 Å². The molecule has 1 aromatic heterocycles. The van der Waals surface area contributed by atoms with Crippen molar-refractivity contribution in [2.75, 3.05) is 23.8 Å². The lowest BCUT2D eigenvalue weighted by molar-refractivity contribution is 0.741. The van der Waals surface area contributed by atoms with Crippen molar-refractivity contribution in [3.8, 4) is 0 Å². The molecule has 1 aromatic carbocycles. The van der Waals surface area contributed by atoms with Crippen LogP contribution in [-0.2, 0) is 6.42 Å². The summed E-state index contributed by atoms with van der Waals surface area (Å²) >= 11 is 0. The first kappa shape index (κ1) is 16.2. The van der Waals surface area contributed by atoms with E-state index < -0.39 is 0 Å². The normalized spacial score (nSPS) is 10.5. The number of aryl methyl sites for hydroxylation is 2. The molecular formula is C17H25N5. The second kappa shape index (κ2) is 7.73. The molecule has 0 aliphatic heterocycles. The average molecular weight is 299 g/mol. The summed E-state index contributed by atoms with van der Waals surface area (Å²) in [5, 5.41) is 11.6. The van der Waals surface area contributed by atoms with Gasteiger partial charge in [-0.05, 0) is 30.9 Å². The first-order valence-electron chi connectivity index (χ1n) is 7.92. The third-order valence-corrected chi connectivity index (χ3v) is 3.73. The molecule has 0 aliphatic carbocycles. The van der Waals surface area contributed by atoms with Crippen molar-refractivity contribution in [3.05, 3.63) is 35.5 Å². The van der Waals surface area contributed by atoms with Crippen LogP contribution in [0.2, 0.25) is 0 Å². The quantitative estimate of drug-likeness (QED) is 0.844. The summed E-state index contributed by atoms with van der Waals surface area (Å²) in [6, 6.07) is 6.32. The minimum Gasteiger partial charge on any atom is -0.343 e. The third-order valence-electron chi connectivity index (χ3n) is 3.73. The molecule has 0 aliphatic rings. The topological polar surface area (TPSA) is 53.9 Å². The number of nitrogens with one attached hydrogen (secondary N) is 1. The van der Waals surface area contributed by atoms with Crippen LogP contribution >= 0.6 is 0 Å². The zero-order valence-electron chi connectivity index (χ0n) is 13.9. The fourth-order valence-electron chi connectivity index (χ4n) is 2.34. The van der Waals surface area contributed by atoms with E-state index in [1.54, 1.807) is 6.20 Å². The maximum absolute atomic E-state index is 4.58. The molecule has 0 unspecified atom stereocenters. The lowest BCUT2D eigenvalue weighted by Crippen LogP contribution is -2.21. The first-order valence-corrected chi connectivity index (χ1v) is 7.92. The Morgan fingerprint density at radius 3 is 2.77 bits per heavy atom. The molecule has 5 nitrogen and oxygen atoms in total. The SMILES string of the molecule is CCCCN(C)c1nncc(Nc2c(C)cccc2CC)n1. The Labute approximate surface area is 132 Å². The molecule has 1 N–H and O–H groups in total. The Balaban J connectivity index is 2.21. The Hall–Kier alpha value is -2.17. The molecule has 0 spiro atoms. The molecule has 22 heavy (non-hydrogen) atoms. The zero-order chi connectivity index (χ0) is 15.9. The van der Waals surface area contributed by atoms with E-state index in [1.165, 1.54) is 11.1 Å². The van der Waals surface area contributed by atoms with Gasteiger partial charge in [-0.25, -0.2) is 0 Å². The van der Waals surface area contributed by atoms with Gasteiger partial charge < -0.3 is 10.2 Å². The van der Waals surface area contributed by atoms with Crippen LogP contribution in [0, 0.1) is 6.92 Å². The van der Waals surface area contributed by atoms with Gasteiger partial charge in [-0.3, -0.25) is 0 Å². The van der Waals surface area contributed by atoms with Crippen molar-refractivity contribution in [2.24, 2.45) is 0 Å². The van der Waals surface area contributed by atoms with Crippen molar-refractivity contribution >= 4 is 17.5 Å². The summed E-state index contributed by atoms with van der Waals surface area (Å²) in [6.45, 7) is 7.37. The predicted molar refractivity (Wildman–Crippen MR) is 91.8 cm³/mol. The maximum atomic E-state index is 4.58. The van der Waals surface area contributed by atoms with E-state index in [4.69, 9.17) is 0 Å². The van der Waals surface area contributed by atoms with Crippen molar-refractivity contribution in [2.45, 2.75) is 40.0 Å². The van der Waals surface area contributed by atoms with Gasteiger partial charge in [-0.1, -0.05) is 38.5 Å². The van der Waals surface area contributed by atoms with Crippen LogP contribution in [0.4, 0.5) is 17.5 Å². The van der Waals surface area contributed by atoms with Crippen molar-refractivity contribution in [3.63, 3.8) is 0 Å². The minimum absolute atomic E-state index is 0.657. The Kier molecular flexibility index (Phi) is 5.69. The molecular weight excluding hydrogens is 274 g/mol. The molecule has 0 amide bonds. The molecule has 0 radical (unpaired) electrons. The minimum atomic E-state index is 0.657. The highest BCUT2D eigenvalue weighted by atomic mass is 15.3. The Bertz CT molecular complexity index is 612. The molecule has 118 valence electrons. The summed E-state index contributed by atoms with van der Waals surface area (Å²) in [4.78, 5) is 6.62. The first-order chi connectivity index (χ1) is 10.7. The highest BCUT2D eigenvalue weighted by Crippen LogP contribution is 2.24. The fourth-order valence-corrected chi connectivity index (χ4v) is 2.34. The van der Waals surface area contributed by atoms with Crippen LogP contribution in [0.25, 0.3) is 0 Å². The third kappa shape index (κ3) is 3.93. The molecule has 0 saturated heterocycles. The Morgan fingerprint density at radius 2 is 2.05 bits per heavy atom. The number of benzene rings is 1. The summed E-state index contributed by atoms with van der Waals surface area (Å²) in [6.07, 6.45) is 4.92. The van der Waals surface area contributed by atoms with Crippen LogP contribution in [0.3, 0.4) is 0 Å². The lowest BCUT2D eigenvalue weighted by Gasteiger charge is -2.17. The molecule has 1 heterocycles. The lowest BCUT2D eigenvalue weighted by atomic mass is 10.1. The van der Waals surface area contributed by atoms with Gasteiger partial charge in [0.15, 0.2) is 5.82 Å². The summed E-state index contributed by atoms with van der Waals surface area (Å²) < 4.78 is 0. The Morgan fingerprint density at radius 1 is 1.23 bits per heavy atom. The van der Waals surface area contributed by atoms with Crippen molar-refractivity contribution < 1.29 is 0 Å². The number of hydrogen-bond acceptors (Lipinski definition) is 5. The van der Waals surface area contributed by atoms with Crippen LogP contribution < -0.4 is 10.2 Å². The number of anilines is 3. The van der Waals surface area contributed by atoms with E-state index in [9.17, 15) is 0 Å². The second-order valence-corrected chi connectivity index (χ2v) is 5.50. The second-order valence-electron chi connectivity index (χ2n) is 5.50. The monoisotopic (exact) mass is 299 g/mol. The summed E-state index contributed by atoms with van der Waals surface area (Å²) in [5.74, 6) is 1.39. The van der Waals surface area contributed by atoms with Crippen LogP contribution in [-0.4, -0.2) is 28.8 Å². The largest absolute Gasteiger partial charge is 0.343 e. The number of unbranched alkanes of at least 4 members (excludes halogenated alkanes) is 1. The number of nitrogens with zero attached hydrogens (tertiary/aromatic N) is 4. The van der Waals surface area contributed by atoms with Gasteiger partial charge in [0.05, 0.1) is 6.20 Å². The molecule has 2 aromatic rings. The highest BCUT2D eigenvalue weighted by Gasteiger charge is 2.09. The van der Waals surface area contributed by atoms with Crippen LogP contribution in [0.15, 0.2) is 24.4 Å². The number of para-hydroxylation sites is 1. The van der Waals surface area contributed by atoms with E-state index in [2.05, 4.69) is 59.5 Å². The van der Waals surface area contributed by atoms with E-state index in [0.29, 0.717) is 5.95 Å². The highest BCUT2D eigenvalue weighted by molar-refractivity contribution is 5.64. The van der Waals surface area contributed by atoms with E-state index in [0.717, 1.165) is 37.3 Å². The summed E-state index contributed by atoms with van der Waals surface area (Å²) in [7, 11) is 2.00. The summed E-state index contributed by atoms with van der Waals surface area (Å²) in [5.41, 5.74) is 3.60. The predicted octanol–water partition coefficient (Wildman–Crippen LogP) is 3.72. The van der Waals surface area contributed by atoms with E-state index >= 15 is 0 Å². The van der Waals surface area contributed by atoms with Gasteiger partial charge >= 0.3 is 0 Å². The molecule has 5 heteroatoms. The molecule has 0 saturated carbocycles. The standard InChI is InChI=1S/C17H25N5/c1-5-7-11-22(4)17-20-15(12-18-21-17)19-16-13(3)9-8-10-14(16)6-2/h8-10,12H,5-7,11H2,1-4H3,(H,19,20,21). The van der Waals surface area contributed by atoms with E-state index in [-0.39, 0.29) is 0 Å². The van der Waals surface area contributed by atoms with Gasteiger partial charge in [0.2, 0.25) is 5.95 Å². The van der Waals surface area contributed by atoms with E-state index in [1.807, 2.05) is 11.9 Å². The van der Waals surface area contributed by atoms with Gasteiger partial charge in [0.1, 0.15) is 0 Å². The molecule has 0 bridgehead atoms. The maximum Gasteiger partial charge on any atom is 0.247 e. The molecule has 0 fully saturated rings. The van der Waals surface area contributed by atoms with Crippen LogP contribution in [0.1, 0.15) is 37.8 Å². The van der Waals surface area contributed by atoms with Crippen LogP contribution in [0.5, 0.6) is 0 Å². The molecule has 2 rings (SSSR count).